The number of hydrogen-bond donors (Lipinski definition) is 1. The van der Waals surface area contributed by atoms with Gasteiger partial charge in [0.05, 0.1) is 12.7 Å². The highest BCUT2D eigenvalue weighted by Gasteiger charge is 2.28. The maximum absolute atomic E-state index is 13.5. The molecular formula is C12H13FO4. The first-order valence-corrected chi connectivity index (χ1v) is 5.38. The lowest BCUT2D eigenvalue weighted by atomic mass is 10.1. The van der Waals surface area contributed by atoms with Crippen molar-refractivity contribution >= 4 is 5.97 Å². The molecule has 0 aliphatic carbocycles. The van der Waals surface area contributed by atoms with Gasteiger partial charge in [-0.15, -0.1) is 0 Å². The number of halogens is 1. The molecule has 4 nitrogen and oxygen atoms in total. The molecule has 1 aliphatic rings. The lowest BCUT2D eigenvalue weighted by Crippen LogP contribution is -2.21. The predicted octanol–water partition coefficient (Wildman–Crippen LogP) is 1.57. The number of aliphatic hydroxyl groups is 1. The van der Waals surface area contributed by atoms with E-state index >= 15 is 0 Å². The second kappa shape index (κ2) is 4.71. The summed E-state index contributed by atoms with van der Waals surface area (Å²) in [5, 5.41) is 9.27. The van der Waals surface area contributed by atoms with Crippen molar-refractivity contribution in [3.63, 3.8) is 0 Å². The van der Waals surface area contributed by atoms with Crippen LogP contribution in [0, 0.1) is 5.82 Å². The molecule has 0 spiro atoms. The van der Waals surface area contributed by atoms with Gasteiger partial charge in [0.15, 0.2) is 6.10 Å². The smallest absolute Gasteiger partial charge is 0.347 e. The Hall–Kier alpha value is -1.62. The van der Waals surface area contributed by atoms with Crippen LogP contribution in [-0.4, -0.2) is 23.8 Å². The van der Waals surface area contributed by atoms with Crippen LogP contribution >= 0.6 is 0 Å². The Labute approximate surface area is 98.0 Å². The number of ether oxygens (including phenoxy) is 2. The molecule has 1 fully saturated rings. The summed E-state index contributed by atoms with van der Waals surface area (Å²) < 4.78 is 23.6. The Morgan fingerprint density at radius 3 is 2.88 bits per heavy atom. The van der Waals surface area contributed by atoms with Gasteiger partial charge in [-0.2, -0.15) is 0 Å². The highest BCUT2D eigenvalue weighted by molar-refractivity contribution is 5.76. The fourth-order valence-corrected chi connectivity index (χ4v) is 1.67. The van der Waals surface area contributed by atoms with Gasteiger partial charge in [0.25, 0.3) is 0 Å². The van der Waals surface area contributed by atoms with Gasteiger partial charge in [-0.3, -0.25) is 0 Å². The van der Waals surface area contributed by atoms with E-state index in [1.165, 1.54) is 19.1 Å². The van der Waals surface area contributed by atoms with Gasteiger partial charge in [-0.05, 0) is 19.1 Å². The normalized spacial score (nSPS) is 21.1. The van der Waals surface area contributed by atoms with E-state index in [2.05, 4.69) is 0 Å². The molecule has 1 aromatic carbocycles. The summed E-state index contributed by atoms with van der Waals surface area (Å²) in [6.07, 6.45) is -1.06. The highest BCUT2D eigenvalue weighted by Crippen LogP contribution is 2.23. The first kappa shape index (κ1) is 11.9. The summed E-state index contributed by atoms with van der Waals surface area (Å²) in [6, 6.07) is 4.13. The minimum atomic E-state index is -0.875. The van der Waals surface area contributed by atoms with E-state index in [0.717, 1.165) is 6.07 Å². The van der Waals surface area contributed by atoms with Crippen LogP contribution in [0.1, 0.15) is 25.0 Å². The average Bonchev–Trinajstić information content (AvgIpc) is 2.64. The van der Waals surface area contributed by atoms with Crippen LogP contribution in [0.3, 0.4) is 0 Å². The highest BCUT2D eigenvalue weighted by atomic mass is 19.1. The average molecular weight is 240 g/mol. The molecule has 2 atom stereocenters. The molecule has 92 valence electrons. The topological polar surface area (TPSA) is 55.8 Å². The number of hydrogen-bond acceptors (Lipinski definition) is 4. The number of carbonyl (C=O) groups excluding carboxylic acids is 1. The minimum Gasteiger partial charge on any atom is -0.478 e. The van der Waals surface area contributed by atoms with Crippen molar-refractivity contribution in [2.75, 3.05) is 6.61 Å². The fraction of sp³-hybridized carbons (Fsp3) is 0.417. The molecule has 1 aliphatic heterocycles. The van der Waals surface area contributed by atoms with Crippen molar-refractivity contribution in [3.05, 3.63) is 29.6 Å². The number of carbonyl (C=O) groups is 1. The van der Waals surface area contributed by atoms with Crippen LogP contribution in [0.4, 0.5) is 4.39 Å². The third-order valence-corrected chi connectivity index (χ3v) is 2.59. The van der Waals surface area contributed by atoms with E-state index in [1.807, 2.05) is 0 Å². The van der Waals surface area contributed by atoms with E-state index in [4.69, 9.17) is 9.47 Å². The van der Waals surface area contributed by atoms with E-state index < -0.39 is 24.0 Å². The van der Waals surface area contributed by atoms with Crippen LogP contribution in [0.15, 0.2) is 18.2 Å². The second-order valence-electron chi connectivity index (χ2n) is 3.92. The molecule has 0 radical (unpaired) electrons. The summed E-state index contributed by atoms with van der Waals surface area (Å²) in [7, 11) is 0. The number of rotatable bonds is 3. The standard InChI is InChI=1S/C12H13FO4/c1-7(14)9-3-2-8(6-10(9)13)17-11-4-5-16-12(11)15/h2-3,6-7,11,14H,4-5H2,1H3/t7-,11?/m0/s1. The molecule has 17 heavy (non-hydrogen) atoms. The lowest BCUT2D eigenvalue weighted by molar-refractivity contribution is -0.143. The van der Waals surface area contributed by atoms with Crippen LogP contribution in [-0.2, 0) is 9.53 Å². The Kier molecular flexibility index (Phi) is 3.28. The zero-order chi connectivity index (χ0) is 12.4. The third kappa shape index (κ3) is 2.55. The Bertz CT molecular complexity index is 431. The predicted molar refractivity (Wildman–Crippen MR) is 57.0 cm³/mol. The van der Waals surface area contributed by atoms with Crippen LogP contribution in [0.2, 0.25) is 0 Å². The van der Waals surface area contributed by atoms with Gasteiger partial charge in [-0.25, -0.2) is 9.18 Å². The van der Waals surface area contributed by atoms with Crippen molar-refractivity contribution in [3.8, 4) is 5.75 Å². The molecule has 1 aromatic rings. The van der Waals surface area contributed by atoms with E-state index in [0.29, 0.717) is 13.0 Å². The number of cyclic esters (lactones) is 1. The molecule has 5 heteroatoms. The Morgan fingerprint density at radius 2 is 2.35 bits per heavy atom. The third-order valence-electron chi connectivity index (χ3n) is 2.59. The molecule has 1 heterocycles. The lowest BCUT2D eigenvalue weighted by Gasteiger charge is -2.12. The van der Waals surface area contributed by atoms with Crippen molar-refractivity contribution in [2.45, 2.75) is 25.6 Å². The SMILES string of the molecule is C[C@H](O)c1ccc(OC2CCOC2=O)cc1F. The van der Waals surface area contributed by atoms with Gasteiger partial charge in [0.2, 0.25) is 0 Å². The summed E-state index contributed by atoms with van der Waals surface area (Å²) in [4.78, 5) is 11.2. The number of aliphatic hydroxyl groups excluding tert-OH is 1. The molecule has 0 bridgehead atoms. The zero-order valence-corrected chi connectivity index (χ0v) is 9.35. The number of benzene rings is 1. The first-order chi connectivity index (χ1) is 8.08. The fourth-order valence-electron chi connectivity index (χ4n) is 1.67. The van der Waals surface area contributed by atoms with Gasteiger partial charge in [0, 0.05) is 18.1 Å². The van der Waals surface area contributed by atoms with Gasteiger partial charge >= 0.3 is 5.97 Å². The minimum absolute atomic E-state index is 0.200. The maximum atomic E-state index is 13.5. The summed E-state index contributed by atoms with van der Waals surface area (Å²) in [6.45, 7) is 1.81. The van der Waals surface area contributed by atoms with Crippen molar-refractivity contribution in [1.82, 2.24) is 0 Å². The largest absolute Gasteiger partial charge is 0.478 e. The first-order valence-electron chi connectivity index (χ1n) is 5.38. The van der Waals surface area contributed by atoms with E-state index in [9.17, 15) is 14.3 Å². The maximum Gasteiger partial charge on any atom is 0.347 e. The molecule has 2 rings (SSSR count). The van der Waals surface area contributed by atoms with Gasteiger partial charge < -0.3 is 14.6 Å². The van der Waals surface area contributed by atoms with E-state index in [1.54, 1.807) is 0 Å². The molecule has 0 amide bonds. The van der Waals surface area contributed by atoms with Crippen LogP contribution in [0.25, 0.3) is 0 Å². The monoisotopic (exact) mass is 240 g/mol. The summed E-state index contributed by atoms with van der Waals surface area (Å²) in [5.41, 5.74) is 0.200. The molecule has 0 aromatic heterocycles. The summed E-state index contributed by atoms with van der Waals surface area (Å²) >= 11 is 0. The molecular weight excluding hydrogens is 227 g/mol. The second-order valence-corrected chi connectivity index (χ2v) is 3.92. The van der Waals surface area contributed by atoms with Crippen molar-refractivity contribution in [1.29, 1.82) is 0 Å². The molecule has 1 saturated heterocycles. The molecule has 0 saturated carbocycles. The Morgan fingerprint density at radius 1 is 1.59 bits per heavy atom. The van der Waals surface area contributed by atoms with E-state index in [-0.39, 0.29) is 11.3 Å². The molecule has 1 unspecified atom stereocenters. The quantitative estimate of drug-likeness (QED) is 0.815. The van der Waals surface area contributed by atoms with Crippen molar-refractivity contribution in [2.24, 2.45) is 0 Å². The zero-order valence-electron chi connectivity index (χ0n) is 9.35. The van der Waals surface area contributed by atoms with Gasteiger partial charge in [-0.1, -0.05) is 0 Å². The van der Waals surface area contributed by atoms with Crippen LogP contribution in [0.5, 0.6) is 5.75 Å². The van der Waals surface area contributed by atoms with Crippen molar-refractivity contribution < 1.29 is 23.8 Å². The molecule has 1 N–H and O–H groups in total. The Balaban J connectivity index is 2.12. The number of esters is 1. The van der Waals surface area contributed by atoms with Gasteiger partial charge in [0.1, 0.15) is 11.6 Å². The van der Waals surface area contributed by atoms with Crippen LogP contribution < -0.4 is 4.74 Å². The summed E-state index contributed by atoms with van der Waals surface area (Å²) in [5.74, 6) is -0.718.